The predicted molar refractivity (Wildman–Crippen MR) is 112 cm³/mol. The van der Waals surface area contributed by atoms with Gasteiger partial charge in [-0.2, -0.15) is 0 Å². The number of carbonyl (C=O) groups is 5. The summed E-state index contributed by atoms with van der Waals surface area (Å²) in [5.74, 6) is -2.90. The molecular formula is C22H20N4O5. The molecule has 2 aromatic rings. The Balaban J connectivity index is 1.61. The third-order valence-electron chi connectivity index (χ3n) is 5.27. The maximum Gasteiger partial charge on any atom is 0.339 e. The maximum atomic E-state index is 13.2. The highest BCUT2D eigenvalue weighted by Crippen LogP contribution is 2.32. The van der Waals surface area contributed by atoms with Crippen LogP contribution in [0.1, 0.15) is 18.9 Å². The molecule has 0 aromatic heterocycles. The number of imide groups is 2. The number of amides is 6. The molecule has 1 N–H and O–H groups in total. The van der Waals surface area contributed by atoms with E-state index in [1.54, 1.807) is 55.5 Å². The number of nitrogens with one attached hydrogen (secondary N) is 1. The average molecular weight is 420 g/mol. The number of para-hydroxylation sites is 2. The van der Waals surface area contributed by atoms with Crippen molar-refractivity contribution < 1.29 is 24.0 Å². The Morgan fingerprint density at radius 2 is 1.68 bits per heavy atom. The number of hydrogen-bond acceptors (Lipinski definition) is 5. The summed E-state index contributed by atoms with van der Waals surface area (Å²) in [6.07, 6.45) is 0.0523. The largest absolute Gasteiger partial charge is 0.339 e. The molecule has 31 heavy (non-hydrogen) atoms. The minimum atomic E-state index is -1.07. The summed E-state index contributed by atoms with van der Waals surface area (Å²) in [7, 11) is 0. The molecule has 4 rings (SSSR count). The SMILES string of the molecule is Cc1ccc(N2C(=O)C(=O)N(CC(=O)N3c4ccccc4NC(=O)C[C@@H]3C)C2=O)cc1. The van der Waals surface area contributed by atoms with E-state index in [1.807, 2.05) is 6.92 Å². The van der Waals surface area contributed by atoms with Crippen molar-refractivity contribution in [2.45, 2.75) is 26.3 Å². The highest BCUT2D eigenvalue weighted by Gasteiger charge is 2.47. The second kappa shape index (κ2) is 7.67. The van der Waals surface area contributed by atoms with Crippen LogP contribution in [0.25, 0.3) is 0 Å². The summed E-state index contributed by atoms with van der Waals surface area (Å²) >= 11 is 0. The molecular weight excluding hydrogens is 400 g/mol. The van der Waals surface area contributed by atoms with Crippen molar-refractivity contribution in [2.24, 2.45) is 0 Å². The lowest BCUT2D eigenvalue weighted by atomic mass is 10.1. The second-order valence-electron chi connectivity index (χ2n) is 7.53. The second-order valence-corrected chi connectivity index (χ2v) is 7.53. The fraction of sp³-hybridized carbons (Fsp3) is 0.227. The number of hydrogen-bond donors (Lipinski definition) is 1. The van der Waals surface area contributed by atoms with Crippen molar-refractivity contribution in [2.75, 3.05) is 21.7 Å². The van der Waals surface area contributed by atoms with E-state index < -0.39 is 36.3 Å². The number of carbonyl (C=O) groups excluding carboxylic acids is 5. The first-order chi connectivity index (χ1) is 14.8. The van der Waals surface area contributed by atoms with Gasteiger partial charge in [0.25, 0.3) is 0 Å². The van der Waals surface area contributed by atoms with Crippen molar-refractivity contribution in [3.63, 3.8) is 0 Å². The highest BCUT2D eigenvalue weighted by molar-refractivity contribution is 6.53. The molecule has 6 amide bonds. The summed E-state index contributed by atoms with van der Waals surface area (Å²) in [5.41, 5.74) is 2.11. The Morgan fingerprint density at radius 3 is 2.39 bits per heavy atom. The van der Waals surface area contributed by atoms with Gasteiger partial charge >= 0.3 is 17.8 Å². The van der Waals surface area contributed by atoms with Crippen LogP contribution in [0.2, 0.25) is 0 Å². The zero-order chi connectivity index (χ0) is 22.3. The molecule has 2 aliphatic heterocycles. The van der Waals surface area contributed by atoms with E-state index in [-0.39, 0.29) is 18.0 Å². The van der Waals surface area contributed by atoms with Gasteiger partial charge in [0, 0.05) is 12.5 Å². The first kappa shape index (κ1) is 20.3. The Labute approximate surface area is 178 Å². The van der Waals surface area contributed by atoms with Crippen LogP contribution in [0.15, 0.2) is 48.5 Å². The predicted octanol–water partition coefficient (Wildman–Crippen LogP) is 2.05. The molecule has 2 heterocycles. The summed E-state index contributed by atoms with van der Waals surface area (Å²) < 4.78 is 0. The summed E-state index contributed by atoms with van der Waals surface area (Å²) in [6.45, 7) is 2.95. The first-order valence-corrected chi connectivity index (χ1v) is 9.75. The number of anilines is 3. The monoisotopic (exact) mass is 420 g/mol. The van der Waals surface area contributed by atoms with Crippen LogP contribution >= 0.6 is 0 Å². The number of rotatable bonds is 3. The number of benzene rings is 2. The van der Waals surface area contributed by atoms with Gasteiger partial charge in [-0.05, 0) is 38.1 Å². The van der Waals surface area contributed by atoms with Gasteiger partial charge in [-0.15, -0.1) is 0 Å². The van der Waals surface area contributed by atoms with Gasteiger partial charge in [-0.3, -0.25) is 19.2 Å². The van der Waals surface area contributed by atoms with E-state index in [0.717, 1.165) is 10.5 Å². The lowest BCUT2D eigenvalue weighted by Crippen LogP contribution is -2.47. The highest BCUT2D eigenvalue weighted by atomic mass is 16.2. The van der Waals surface area contributed by atoms with Gasteiger partial charge in [-0.1, -0.05) is 29.8 Å². The topological polar surface area (TPSA) is 107 Å². The van der Waals surface area contributed by atoms with Crippen molar-refractivity contribution in [1.29, 1.82) is 0 Å². The number of fused-ring (bicyclic) bond motifs is 1. The number of nitrogens with zero attached hydrogens (tertiary/aromatic N) is 3. The van der Waals surface area contributed by atoms with E-state index in [0.29, 0.717) is 16.3 Å². The van der Waals surface area contributed by atoms with E-state index in [4.69, 9.17) is 0 Å². The van der Waals surface area contributed by atoms with Crippen LogP contribution in [0.5, 0.6) is 0 Å². The molecule has 1 atom stereocenters. The Kier molecular flexibility index (Phi) is 5.02. The molecule has 0 saturated carbocycles. The molecule has 0 unspecified atom stereocenters. The van der Waals surface area contributed by atoms with Crippen molar-refractivity contribution in [1.82, 2.24) is 4.90 Å². The molecule has 158 valence electrons. The van der Waals surface area contributed by atoms with Gasteiger partial charge in [0.05, 0.1) is 17.1 Å². The maximum absolute atomic E-state index is 13.2. The van der Waals surface area contributed by atoms with Crippen LogP contribution in [-0.4, -0.2) is 47.1 Å². The van der Waals surface area contributed by atoms with Crippen LogP contribution in [0.4, 0.5) is 21.9 Å². The van der Waals surface area contributed by atoms with Gasteiger partial charge in [0.1, 0.15) is 6.54 Å². The van der Waals surface area contributed by atoms with Gasteiger partial charge in [-0.25, -0.2) is 14.6 Å². The number of urea groups is 1. The summed E-state index contributed by atoms with van der Waals surface area (Å²) in [4.78, 5) is 65.9. The summed E-state index contributed by atoms with van der Waals surface area (Å²) in [6, 6.07) is 12.0. The Hall–Kier alpha value is -4.01. The van der Waals surface area contributed by atoms with Crippen LogP contribution in [-0.2, 0) is 19.2 Å². The molecule has 0 aliphatic carbocycles. The normalized spacial score (nSPS) is 18.8. The smallest absolute Gasteiger partial charge is 0.324 e. The third-order valence-corrected chi connectivity index (χ3v) is 5.27. The molecule has 0 bridgehead atoms. The van der Waals surface area contributed by atoms with Crippen LogP contribution < -0.4 is 15.1 Å². The Bertz CT molecular complexity index is 1110. The zero-order valence-electron chi connectivity index (χ0n) is 17.0. The zero-order valence-corrected chi connectivity index (χ0v) is 17.0. The molecule has 2 aliphatic rings. The van der Waals surface area contributed by atoms with Gasteiger partial charge < -0.3 is 10.2 Å². The van der Waals surface area contributed by atoms with Gasteiger partial charge in [0.2, 0.25) is 11.8 Å². The standard InChI is InChI=1S/C22H20N4O5/c1-13-7-9-15(10-8-13)26-21(30)20(29)24(22(26)31)12-19(28)25-14(2)11-18(27)23-16-5-3-4-6-17(16)25/h3-10,14H,11-12H2,1-2H3,(H,23,27)/t14-/m0/s1. The van der Waals surface area contributed by atoms with E-state index in [1.165, 1.54) is 4.90 Å². The van der Waals surface area contributed by atoms with Gasteiger partial charge in [0.15, 0.2) is 0 Å². The average Bonchev–Trinajstić information content (AvgIpc) is 2.85. The molecule has 9 nitrogen and oxygen atoms in total. The van der Waals surface area contributed by atoms with Crippen molar-refractivity contribution in [3.05, 3.63) is 54.1 Å². The minimum Gasteiger partial charge on any atom is -0.324 e. The fourth-order valence-electron chi connectivity index (χ4n) is 3.75. The fourth-order valence-corrected chi connectivity index (χ4v) is 3.75. The number of aryl methyl sites for hydroxylation is 1. The molecule has 1 fully saturated rings. The summed E-state index contributed by atoms with van der Waals surface area (Å²) in [5, 5.41) is 2.75. The van der Waals surface area contributed by atoms with Crippen molar-refractivity contribution in [3.8, 4) is 0 Å². The lowest BCUT2D eigenvalue weighted by molar-refractivity contribution is -0.140. The van der Waals surface area contributed by atoms with E-state index in [2.05, 4.69) is 5.32 Å². The molecule has 9 heteroatoms. The van der Waals surface area contributed by atoms with Crippen LogP contribution in [0, 0.1) is 6.92 Å². The molecule has 0 radical (unpaired) electrons. The van der Waals surface area contributed by atoms with E-state index in [9.17, 15) is 24.0 Å². The molecule has 0 spiro atoms. The minimum absolute atomic E-state index is 0.0523. The quantitative estimate of drug-likeness (QED) is 0.604. The van der Waals surface area contributed by atoms with E-state index >= 15 is 0 Å². The third kappa shape index (κ3) is 3.54. The lowest BCUT2D eigenvalue weighted by Gasteiger charge is -2.29. The molecule has 2 aromatic carbocycles. The van der Waals surface area contributed by atoms with Crippen molar-refractivity contribution >= 4 is 46.7 Å². The Morgan fingerprint density at radius 1 is 1.00 bits per heavy atom. The first-order valence-electron chi connectivity index (χ1n) is 9.75. The molecule has 1 saturated heterocycles. The van der Waals surface area contributed by atoms with Crippen LogP contribution in [0.3, 0.4) is 0 Å².